The molecule has 2 aromatic rings. The minimum atomic E-state index is -0.595. The van der Waals surface area contributed by atoms with E-state index in [-0.39, 0.29) is 5.95 Å². The molecule has 0 aromatic carbocycles. The lowest BCUT2D eigenvalue weighted by Gasteiger charge is -2.01. The van der Waals surface area contributed by atoms with Crippen molar-refractivity contribution in [3.63, 3.8) is 0 Å². The first-order valence-corrected chi connectivity index (χ1v) is 5.66. The maximum Gasteiger partial charge on any atom is 0.413 e. The predicted molar refractivity (Wildman–Crippen MR) is 63.9 cm³/mol. The van der Waals surface area contributed by atoms with Crippen LogP contribution < -0.4 is 5.32 Å². The highest BCUT2D eigenvalue weighted by Crippen LogP contribution is 2.22. The molecule has 7 heteroatoms. The lowest BCUT2D eigenvalue weighted by Crippen LogP contribution is -2.13. The number of carbonyl (C=O) groups excluding carboxylic acids is 1. The smallest absolute Gasteiger partial charge is 0.413 e. The van der Waals surface area contributed by atoms with Crippen molar-refractivity contribution in [2.75, 3.05) is 12.4 Å². The van der Waals surface area contributed by atoms with E-state index in [1.54, 1.807) is 12.4 Å². The maximum absolute atomic E-state index is 10.9. The Balaban J connectivity index is 2.15. The molecule has 0 aliphatic rings. The van der Waals surface area contributed by atoms with Crippen molar-refractivity contribution in [2.24, 2.45) is 0 Å². The molecule has 2 rings (SSSR count). The fourth-order valence-electron chi connectivity index (χ4n) is 1.13. The van der Waals surface area contributed by atoms with Crippen molar-refractivity contribution in [2.45, 2.75) is 6.92 Å². The summed E-state index contributed by atoms with van der Waals surface area (Å²) in [6, 6.07) is 0. The molecule has 1 amide bonds. The van der Waals surface area contributed by atoms with Crippen LogP contribution in [-0.2, 0) is 4.74 Å². The Morgan fingerprint density at radius 2 is 2.12 bits per heavy atom. The molecule has 0 spiro atoms. The van der Waals surface area contributed by atoms with Crippen molar-refractivity contribution in [3.05, 3.63) is 23.5 Å². The Labute approximate surface area is 102 Å². The summed E-state index contributed by atoms with van der Waals surface area (Å²) in [4.78, 5) is 23.2. The third-order valence-corrected chi connectivity index (χ3v) is 2.93. The number of aryl methyl sites for hydroxylation is 1. The van der Waals surface area contributed by atoms with E-state index in [2.05, 4.69) is 25.0 Å². The molecule has 1 N–H and O–H groups in total. The Morgan fingerprint density at radius 1 is 1.41 bits per heavy atom. The third kappa shape index (κ3) is 2.76. The number of methoxy groups -OCH3 is 1. The number of carbonyl (C=O) groups is 1. The first-order chi connectivity index (χ1) is 8.19. The largest absolute Gasteiger partial charge is 0.453 e. The summed E-state index contributed by atoms with van der Waals surface area (Å²) in [7, 11) is 1.28. The molecule has 0 bridgehead atoms. The van der Waals surface area contributed by atoms with Gasteiger partial charge in [0.15, 0.2) is 0 Å². The molecule has 0 unspecified atom stereocenters. The summed E-state index contributed by atoms with van der Waals surface area (Å²) in [5, 5.41) is 5.18. The van der Waals surface area contributed by atoms with Gasteiger partial charge in [0, 0.05) is 29.0 Å². The number of anilines is 1. The minimum Gasteiger partial charge on any atom is -0.453 e. The van der Waals surface area contributed by atoms with Gasteiger partial charge in [-0.3, -0.25) is 5.32 Å². The number of amides is 1. The average molecular weight is 250 g/mol. The van der Waals surface area contributed by atoms with Crippen molar-refractivity contribution >= 4 is 23.4 Å². The zero-order valence-electron chi connectivity index (χ0n) is 9.30. The van der Waals surface area contributed by atoms with E-state index in [9.17, 15) is 4.79 Å². The molecule has 17 heavy (non-hydrogen) atoms. The van der Waals surface area contributed by atoms with Crippen LogP contribution in [0.5, 0.6) is 0 Å². The molecule has 0 atom stereocenters. The number of nitrogens with one attached hydrogen (secondary N) is 1. The van der Waals surface area contributed by atoms with Crippen LogP contribution in [0.1, 0.15) is 5.69 Å². The highest BCUT2D eigenvalue weighted by atomic mass is 32.1. The van der Waals surface area contributed by atoms with Crippen molar-refractivity contribution in [3.8, 4) is 10.6 Å². The topological polar surface area (TPSA) is 77.0 Å². The number of nitrogens with zero attached hydrogens (tertiary/aromatic N) is 3. The first kappa shape index (κ1) is 11.5. The lowest BCUT2D eigenvalue weighted by atomic mass is 10.3. The van der Waals surface area contributed by atoms with Gasteiger partial charge in [-0.1, -0.05) is 0 Å². The van der Waals surface area contributed by atoms with E-state index in [0.717, 1.165) is 16.3 Å². The van der Waals surface area contributed by atoms with Crippen LogP contribution in [0.3, 0.4) is 0 Å². The molecular formula is C10H10N4O2S. The number of hydrogen-bond acceptors (Lipinski definition) is 6. The van der Waals surface area contributed by atoms with Crippen LogP contribution in [0.25, 0.3) is 10.6 Å². The Bertz CT molecular complexity index is 523. The van der Waals surface area contributed by atoms with E-state index in [4.69, 9.17) is 0 Å². The quantitative estimate of drug-likeness (QED) is 0.883. The number of aromatic nitrogens is 3. The van der Waals surface area contributed by atoms with Crippen LogP contribution in [0.15, 0.2) is 17.8 Å². The van der Waals surface area contributed by atoms with Gasteiger partial charge in [0.2, 0.25) is 5.95 Å². The van der Waals surface area contributed by atoms with Crippen molar-refractivity contribution in [1.29, 1.82) is 0 Å². The van der Waals surface area contributed by atoms with E-state index in [1.807, 2.05) is 12.3 Å². The number of thiazole rings is 1. The van der Waals surface area contributed by atoms with Gasteiger partial charge in [-0.15, -0.1) is 11.3 Å². The van der Waals surface area contributed by atoms with E-state index in [1.165, 1.54) is 18.4 Å². The lowest BCUT2D eigenvalue weighted by molar-refractivity contribution is 0.186. The van der Waals surface area contributed by atoms with Crippen molar-refractivity contribution in [1.82, 2.24) is 15.0 Å². The third-order valence-electron chi connectivity index (χ3n) is 1.92. The van der Waals surface area contributed by atoms with Gasteiger partial charge < -0.3 is 4.74 Å². The van der Waals surface area contributed by atoms with E-state index in [0.29, 0.717) is 0 Å². The zero-order valence-corrected chi connectivity index (χ0v) is 10.1. The van der Waals surface area contributed by atoms with Gasteiger partial charge in [0.1, 0.15) is 5.01 Å². The Morgan fingerprint density at radius 3 is 2.65 bits per heavy atom. The molecule has 6 nitrogen and oxygen atoms in total. The Kier molecular flexibility index (Phi) is 3.29. The highest BCUT2D eigenvalue weighted by molar-refractivity contribution is 7.13. The second-order valence-electron chi connectivity index (χ2n) is 3.21. The van der Waals surface area contributed by atoms with Gasteiger partial charge >= 0.3 is 6.09 Å². The van der Waals surface area contributed by atoms with E-state index >= 15 is 0 Å². The first-order valence-electron chi connectivity index (χ1n) is 4.78. The summed E-state index contributed by atoms with van der Waals surface area (Å²) >= 11 is 1.52. The maximum atomic E-state index is 10.9. The van der Waals surface area contributed by atoms with Crippen LogP contribution >= 0.6 is 11.3 Å². The standard InChI is InChI=1S/C10H10N4O2S/c1-6-5-17-8(13-6)7-3-11-9(12-4-7)14-10(15)16-2/h3-5H,1-2H3,(H,11,12,14,15). The van der Waals surface area contributed by atoms with Crippen LogP contribution in [0.4, 0.5) is 10.7 Å². The molecular weight excluding hydrogens is 240 g/mol. The molecule has 0 saturated carbocycles. The van der Waals surface area contributed by atoms with Crippen molar-refractivity contribution < 1.29 is 9.53 Å². The van der Waals surface area contributed by atoms with Crippen LogP contribution in [-0.4, -0.2) is 28.2 Å². The average Bonchev–Trinajstić information content (AvgIpc) is 2.77. The molecule has 0 aliphatic heterocycles. The molecule has 2 aromatic heterocycles. The summed E-state index contributed by atoms with van der Waals surface area (Å²) in [5.41, 5.74) is 1.78. The van der Waals surface area contributed by atoms with Gasteiger partial charge in [-0.25, -0.2) is 19.7 Å². The zero-order chi connectivity index (χ0) is 12.3. The van der Waals surface area contributed by atoms with Gasteiger partial charge in [0.25, 0.3) is 0 Å². The number of ether oxygens (including phenoxy) is 1. The second kappa shape index (κ2) is 4.88. The van der Waals surface area contributed by atoms with Crippen LogP contribution in [0.2, 0.25) is 0 Å². The minimum absolute atomic E-state index is 0.203. The molecule has 2 heterocycles. The monoisotopic (exact) mass is 250 g/mol. The fraction of sp³-hybridized carbons (Fsp3) is 0.200. The van der Waals surface area contributed by atoms with Gasteiger partial charge in [-0.05, 0) is 6.92 Å². The van der Waals surface area contributed by atoms with Crippen LogP contribution in [0, 0.1) is 6.92 Å². The normalized spacial score (nSPS) is 10.0. The van der Waals surface area contributed by atoms with E-state index < -0.39 is 6.09 Å². The summed E-state index contributed by atoms with van der Waals surface area (Å²) < 4.78 is 4.43. The molecule has 0 radical (unpaired) electrons. The van der Waals surface area contributed by atoms with Gasteiger partial charge in [0.05, 0.1) is 7.11 Å². The summed E-state index contributed by atoms with van der Waals surface area (Å²) in [6.07, 6.45) is 2.62. The Hall–Kier alpha value is -2.02. The second-order valence-corrected chi connectivity index (χ2v) is 4.06. The molecule has 0 fully saturated rings. The highest BCUT2D eigenvalue weighted by Gasteiger charge is 2.06. The molecule has 0 aliphatic carbocycles. The predicted octanol–water partition coefficient (Wildman–Crippen LogP) is 2.09. The molecule has 88 valence electrons. The fourth-order valence-corrected chi connectivity index (χ4v) is 1.90. The summed E-state index contributed by atoms with van der Waals surface area (Å²) in [6.45, 7) is 1.92. The van der Waals surface area contributed by atoms with Gasteiger partial charge in [-0.2, -0.15) is 0 Å². The SMILES string of the molecule is COC(=O)Nc1ncc(-c2nc(C)cs2)cn1. The number of hydrogen-bond donors (Lipinski definition) is 1. The summed E-state index contributed by atoms with van der Waals surface area (Å²) in [5.74, 6) is 0.203. The number of rotatable bonds is 2. The molecule has 0 saturated heterocycles.